The molecule has 0 aromatic carbocycles. The zero-order valence-corrected chi connectivity index (χ0v) is 12.2. The van der Waals surface area contributed by atoms with E-state index < -0.39 is 0 Å². The topological polar surface area (TPSA) is 49.2 Å². The van der Waals surface area contributed by atoms with Gasteiger partial charge in [-0.1, -0.05) is 13.8 Å². The Labute approximate surface area is 113 Å². The van der Waals surface area contributed by atoms with Gasteiger partial charge in [0.05, 0.1) is 29.8 Å². The largest absolute Gasteiger partial charge is 0.378 e. The first-order chi connectivity index (χ1) is 8.74. The van der Waals surface area contributed by atoms with E-state index in [0.717, 1.165) is 41.6 Å². The maximum Gasteiger partial charge on any atom is 0.0945 e. The van der Waals surface area contributed by atoms with Crippen molar-refractivity contribution in [3.05, 3.63) is 15.6 Å². The van der Waals surface area contributed by atoms with Crippen molar-refractivity contribution in [2.24, 2.45) is 0 Å². The number of thiazole rings is 1. The second kappa shape index (κ2) is 8.20. The fourth-order valence-electron chi connectivity index (χ4n) is 1.80. The van der Waals surface area contributed by atoms with Gasteiger partial charge in [-0.3, -0.25) is 0 Å². The van der Waals surface area contributed by atoms with Crippen LogP contribution in [0.3, 0.4) is 0 Å². The third-order valence-corrected chi connectivity index (χ3v) is 4.04. The predicted octanol–water partition coefficient (Wildman–Crippen LogP) is 2.24. The molecular weight excluding hydrogens is 246 g/mol. The lowest BCUT2D eigenvalue weighted by atomic mass is 10.3. The maximum atomic E-state index is 8.80. The molecule has 0 unspecified atom stereocenters. The Bertz CT molecular complexity index is 393. The molecule has 0 aliphatic heterocycles. The highest BCUT2D eigenvalue weighted by Gasteiger charge is 2.11. The Hall–Kier alpha value is -0.960. The number of likely N-dealkylation sites (N-methyl/N-ethyl adjacent to an activating group) is 1. The number of hydrogen-bond acceptors (Lipinski definition) is 5. The Morgan fingerprint density at radius 2 is 2.11 bits per heavy atom. The predicted molar refractivity (Wildman–Crippen MR) is 73.6 cm³/mol. The van der Waals surface area contributed by atoms with Gasteiger partial charge in [-0.2, -0.15) is 5.26 Å². The monoisotopic (exact) mass is 267 g/mol. The number of nitrogens with zero attached hydrogens (tertiary/aromatic N) is 3. The van der Waals surface area contributed by atoms with Crippen LogP contribution in [0.15, 0.2) is 0 Å². The minimum Gasteiger partial charge on any atom is -0.378 e. The van der Waals surface area contributed by atoms with Gasteiger partial charge in [-0.15, -0.1) is 11.3 Å². The highest BCUT2D eigenvalue weighted by molar-refractivity contribution is 7.11. The summed E-state index contributed by atoms with van der Waals surface area (Å²) >= 11 is 1.65. The lowest BCUT2D eigenvalue weighted by Gasteiger charge is -2.16. The summed E-state index contributed by atoms with van der Waals surface area (Å²) in [6, 6.07) is 2.19. The molecule has 100 valence electrons. The zero-order chi connectivity index (χ0) is 13.4. The van der Waals surface area contributed by atoms with Crippen molar-refractivity contribution in [3.8, 4) is 6.07 Å². The minimum absolute atomic E-state index is 0.432. The number of rotatable bonds is 8. The van der Waals surface area contributed by atoms with Crippen LogP contribution in [0.1, 0.15) is 29.4 Å². The number of aromatic nitrogens is 1. The second-order valence-electron chi connectivity index (χ2n) is 4.02. The van der Waals surface area contributed by atoms with E-state index in [0.29, 0.717) is 13.0 Å². The van der Waals surface area contributed by atoms with E-state index in [1.807, 2.05) is 0 Å². The normalized spacial score (nSPS) is 10.8. The van der Waals surface area contributed by atoms with E-state index in [-0.39, 0.29) is 0 Å². The van der Waals surface area contributed by atoms with Crippen LogP contribution in [-0.4, -0.2) is 36.6 Å². The van der Waals surface area contributed by atoms with E-state index in [1.54, 1.807) is 18.4 Å². The molecule has 0 aliphatic rings. The molecule has 18 heavy (non-hydrogen) atoms. The number of ether oxygens (including phenoxy) is 1. The first kappa shape index (κ1) is 15.1. The van der Waals surface area contributed by atoms with Gasteiger partial charge in [-0.05, 0) is 13.1 Å². The average molecular weight is 267 g/mol. The van der Waals surface area contributed by atoms with Gasteiger partial charge in [0, 0.05) is 25.0 Å². The molecule has 0 spiro atoms. The van der Waals surface area contributed by atoms with Gasteiger partial charge in [0.2, 0.25) is 0 Å². The number of hydrogen-bond donors (Lipinski definition) is 0. The highest BCUT2D eigenvalue weighted by atomic mass is 32.1. The maximum absolute atomic E-state index is 8.80. The van der Waals surface area contributed by atoms with Crippen molar-refractivity contribution in [2.75, 3.05) is 26.7 Å². The Morgan fingerprint density at radius 3 is 2.67 bits per heavy atom. The SMILES string of the molecule is CCN(CC)CCc1nc(COC)c(CC#N)s1. The molecule has 0 radical (unpaired) electrons. The molecule has 5 heteroatoms. The van der Waals surface area contributed by atoms with Crippen molar-refractivity contribution in [3.63, 3.8) is 0 Å². The van der Waals surface area contributed by atoms with E-state index in [1.165, 1.54) is 0 Å². The zero-order valence-electron chi connectivity index (χ0n) is 11.4. The molecule has 1 heterocycles. The van der Waals surface area contributed by atoms with Gasteiger partial charge in [0.25, 0.3) is 0 Å². The van der Waals surface area contributed by atoms with Gasteiger partial charge in [-0.25, -0.2) is 4.98 Å². The van der Waals surface area contributed by atoms with Crippen molar-refractivity contribution in [1.29, 1.82) is 5.26 Å². The first-order valence-corrected chi connectivity index (χ1v) is 7.12. The summed E-state index contributed by atoms with van der Waals surface area (Å²) < 4.78 is 5.12. The second-order valence-corrected chi connectivity index (χ2v) is 5.19. The van der Waals surface area contributed by atoms with E-state index in [9.17, 15) is 0 Å². The molecule has 0 saturated heterocycles. The van der Waals surface area contributed by atoms with Crippen molar-refractivity contribution in [2.45, 2.75) is 33.3 Å². The van der Waals surface area contributed by atoms with Crippen LogP contribution in [0.25, 0.3) is 0 Å². The summed E-state index contributed by atoms with van der Waals surface area (Å²) in [5.74, 6) is 0. The van der Waals surface area contributed by atoms with Crippen LogP contribution in [0, 0.1) is 11.3 Å². The minimum atomic E-state index is 0.432. The van der Waals surface area contributed by atoms with Crippen LogP contribution >= 0.6 is 11.3 Å². The number of nitriles is 1. The van der Waals surface area contributed by atoms with Crippen LogP contribution in [-0.2, 0) is 24.2 Å². The summed E-state index contributed by atoms with van der Waals surface area (Å²) in [5.41, 5.74) is 0.929. The van der Waals surface area contributed by atoms with Crippen LogP contribution in [0.5, 0.6) is 0 Å². The van der Waals surface area contributed by atoms with E-state index in [4.69, 9.17) is 10.00 Å². The molecule has 0 amide bonds. The summed E-state index contributed by atoms with van der Waals surface area (Å²) in [7, 11) is 1.66. The molecule has 0 atom stereocenters. The van der Waals surface area contributed by atoms with Crippen molar-refractivity contribution >= 4 is 11.3 Å². The Morgan fingerprint density at radius 1 is 1.39 bits per heavy atom. The third kappa shape index (κ3) is 4.37. The average Bonchev–Trinajstić information content (AvgIpc) is 2.74. The standard InChI is InChI=1S/C13H21N3OS/c1-4-16(5-2)9-7-13-15-11(10-17-3)12(18-13)6-8-14/h4-7,9-10H2,1-3H3. The molecule has 1 aromatic rings. The van der Waals surface area contributed by atoms with E-state index in [2.05, 4.69) is 29.8 Å². The fourth-order valence-corrected chi connectivity index (χ4v) is 2.79. The van der Waals surface area contributed by atoms with Crippen LogP contribution < -0.4 is 0 Å². The van der Waals surface area contributed by atoms with Crippen molar-refractivity contribution in [1.82, 2.24) is 9.88 Å². The smallest absolute Gasteiger partial charge is 0.0945 e. The van der Waals surface area contributed by atoms with Crippen molar-refractivity contribution < 1.29 is 4.74 Å². The molecule has 0 saturated carbocycles. The fraction of sp³-hybridized carbons (Fsp3) is 0.692. The summed E-state index contributed by atoms with van der Waals surface area (Å²) in [4.78, 5) is 8.00. The Balaban J connectivity index is 2.66. The summed E-state index contributed by atoms with van der Waals surface area (Å²) in [5, 5.41) is 9.91. The molecule has 0 N–H and O–H groups in total. The van der Waals surface area contributed by atoms with Gasteiger partial charge in [0.15, 0.2) is 0 Å². The molecular formula is C13H21N3OS. The lowest BCUT2D eigenvalue weighted by molar-refractivity contribution is 0.181. The van der Waals surface area contributed by atoms with Gasteiger partial charge >= 0.3 is 0 Å². The highest BCUT2D eigenvalue weighted by Crippen LogP contribution is 2.20. The molecule has 0 aliphatic carbocycles. The number of methoxy groups -OCH3 is 1. The summed E-state index contributed by atoms with van der Waals surface area (Å²) in [6.45, 7) is 8.00. The third-order valence-electron chi connectivity index (χ3n) is 2.88. The van der Waals surface area contributed by atoms with Gasteiger partial charge in [0.1, 0.15) is 0 Å². The molecule has 0 fully saturated rings. The molecule has 4 nitrogen and oxygen atoms in total. The molecule has 1 rings (SSSR count). The van der Waals surface area contributed by atoms with Crippen LogP contribution in [0.4, 0.5) is 0 Å². The van der Waals surface area contributed by atoms with E-state index >= 15 is 0 Å². The Kier molecular flexibility index (Phi) is 6.88. The van der Waals surface area contributed by atoms with Gasteiger partial charge < -0.3 is 9.64 Å². The lowest BCUT2D eigenvalue weighted by Crippen LogP contribution is -2.25. The molecule has 0 bridgehead atoms. The quantitative estimate of drug-likeness (QED) is 0.725. The summed E-state index contributed by atoms with van der Waals surface area (Å²) in [6.07, 6.45) is 1.39. The van der Waals surface area contributed by atoms with Crippen LogP contribution in [0.2, 0.25) is 0 Å². The molecule has 1 aromatic heterocycles. The first-order valence-electron chi connectivity index (χ1n) is 6.30.